The van der Waals surface area contributed by atoms with Crippen molar-refractivity contribution in [2.75, 3.05) is 27.2 Å². The number of rotatable bonds is 0. The third-order valence-electron chi connectivity index (χ3n) is 1.37. The van der Waals surface area contributed by atoms with Crippen LogP contribution in [0.5, 0.6) is 0 Å². The van der Waals surface area contributed by atoms with Crippen LogP contribution in [-0.2, 0) is 0 Å². The second-order valence-corrected chi connectivity index (χ2v) is 2.77. The number of hydrogen-bond acceptors (Lipinski definition) is 0. The standard InChI is InChI=1S/C6H12N.HI/c1-7(2)5-3-4-6-7;/h3-4H,5-6H2,1-2H3;1H/q+1;/p-1. The van der Waals surface area contributed by atoms with Crippen LogP contribution in [0.15, 0.2) is 12.2 Å². The first-order valence-corrected chi connectivity index (χ1v) is 2.68. The maximum Gasteiger partial charge on any atom is 0.0974 e. The lowest BCUT2D eigenvalue weighted by Gasteiger charge is -2.21. The molecule has 0 aliphatic carbocycles. The van der Waals surface area contributed by atoms with E-state index in [4.69, 9.17) is 0 Å². The highest BCUT2D eigenvalue weighted by Gasteiger charge is 2.14. The van der Waals surface area contributed by atoms with Crippen LogP contribution in [0.1, 0.15) is 0 Å². The zero-order chi connectivity index (χ0) is 5.33. The van der Waals surface area contributed by atoms with Gasteiger partial charge in [0, 0.05) is 0 Å². The molecule has 0 aromatic heterocycles. The smallest absolute Gasteiger partial charge is 0.0974 e. The molecule has 0 fully saturated rings. The number of halogens is 1. The summed E-state index contributed by atoms with van der Waals surface area (Å²) in [6, 6.07) is 0. The van der Waals surface area contributed by atoms with Gasteiger partial charge in [-0.05, 0) is 12.2 Å². The molecule has 48 valence electrons. The molecule has 0 amide bonds. The van der Waals surface area contributed by atoms with Crippen molar-refractivity contribution in [3.63, 3.8) is 0 Å². The first-order chi connectivity index (χ1) is 3.21. The molecule has 0 saturated heterocycles. The molecule has 1 heterocycles. The molecule has 1 aliphatic rings. The summed E-state index contributed by atoms with van der Waals surface area (Å²) >= 11 is 0. The molecule has 0 N–H and O–H groups in total. The predicted octanol–water partition coefficient (Wildman–Crippen LogP) is -2.36. The fourth-order valence-corrected chi connectivity index (χ4v) is 0.794. The van der Waals surface area contributed by atoms with Crippen molar-refractivity contribution in [3.05, 3.63) is 12.2 Å². The van der Waals surface area contributed by atoms with E-state index in [1.807, 2.05) is 0 Å². The first kappa shape index (κ1) is 8.43. The molecule has 0 aromatic carbocycles. The summed E-state index contributed by atoms with van der Waals surface area (Å²) in [4.78, 5) is 0. The van der Waals surface area contributed by atoms with Gasteiger partial charge in [-0.15, -0.1) is 0 Å². The van der Waals surface area contributed by atoms with Crippen LogP contribution in [0.4, 0.5) is 0 Å². The fourth-order valence-electron chi connectivity index (χ4n) is 0.794. The van der Waals surface area contributed by atoms with E-state index in [9.17, 15) is 0 Å². The number of likely N-dealkylation sites (N-methyl/N-ethyl adjacent to an activating group) is 1. The minimum absolute atomic E-state index is 0. The van der Waals surface area contributed by atoms with E-state index in [0.717, 1.165) is 4.48 Å². The molecule has 2 heteroatoms. The van der Waals surface area contributed by atoms with Crippen molar-refractivity contribution in [1.82, 2.24) is 0 Å². The van der Waals surface area contributed by atoms with Gasteiger partial charge in [0.05, 0.1) is 27.2 Å². The van der Waals surface area contributed by atoms with Crippen LogP contribution in [0.25, 0.3) is 0 Å². The third kappa shape index (κ3) is 2.13. The van der Waals surface area contributed by atoms with Gasteiger partial charge < -0.3 is 28.5 Å². The number of hydrogen-bond donors (Lipinski definition) is 0. The summed E-state index contributed by atoms with van der Waals surface area (Å²) in [5, 5.41) is 0. The Morgan fingerprint density at radius 1 is 1.12 bits per heavy atom. The molecule has 1 nitrogen and oxygen atoms in total. The average Bonchev–Trinajstić information content (AvgIpc) is 1.84. The normalized spacial score (nSPS) is 22.8. The van der Waals surface area contributed by atoms with Crippen LogP contribution in [0.2, 0.25) is 0 Å². The second-order valence-electron chi connectivity index (χ2n) is 2.77. The summed E-state index contributed by atoms with van der Waals surface area (Å²) in [5.41, 5.74) is 0. The third-order valence-corrected chi connectivity index (χ3v) is 1.37. The van der Waals surface area contributed by atoms with Crippen LogP contribution in [0.3, 0.4) is 0 Å². The fraction of sp³-hybridized carbons (Fsp3) is 0.667. The highest BCUT2D eigenvalue weighted by atomic mass is 127. The lowest BCUT2D eigenvalue weighted by molar-refractivity contribution is -0.873. The Kier molecular flexibility index (Phi) is 2.98. The van der Waals surface area contributed by atoms with Gasteiger partial charge >= 0.3 is 0 Å². The lowest BCUT2D eigenvalue weighted by Crippen LogP contribution is -3.00. The molecule has 0 bridgehead atoms. The van der Waals surface area contributed by atoms with E-state index >= 15 is 0 Å². The second kappa shape index (κ2) is 2.82. The van der Waals surface area contributed by atoms with Crippen LogP contribution >= 0.6 is 0 Å². The van der Waals surface area contributed by atoms with Gasteiger partial charge in [0.2, 0.25) is 0 Å². The Bertz CT molecular complexity index is 86.7. The monoisotopic (exact) mass is 225 g/mol. The molecular weight excluding hydrogens is 213 g/mol. The van der Waals surface area contributed by atoms with Gasteiger partial charge in [-0.2, -0.15) is 0 Å². The Hall–Kier alpha value is 0.430. The van der Waals surface area contributed by atoms with Gasteiger partial charge in [0.15, 0.2) is 0 Å². The largest absolute Gasteiger partial charge is 1.00 e. The highest BCUT2D eigenvalue weighted by molar-refractivity contribution is 4.86. The summed E-state index contributed by atoms with van der Waals surface area (Å²) < 4.78 is 1.14. The molecule has 0 unspecified atom stereocenters. The molecular formula is C6H12IN. The Morgan fingerprint density at radius 2 is 1.50 bits per heavy atom. The Balaban J connectivity index is 0.000000490. The van der Waals surface area contributed by atoms with Gasteiger partial charge in [-0.1, -0.05) is 0 Å². The molecule has 0 atom stereocenters. The number of quaternary nitrogens is 1. The van der Waals surface area contributed by atoms with Crippen molar-refractivity contribution in [3.8, 4) is 0 Å². The maximum atomic E-state index is 2.24. The zero-order valence-electron chi connectivity index (χ0n) is 5.39. The molecule has 0 saturated carbocycles. The van der Waals surface area contributed by atoms with Crippen molar-refractivity contribution < 1.29 is 28.5 Å². The lowest BCUT2D eigenvalue weighted by atomic mass is 10.6. The Labute approximate surface area is 68.0 Å². The SMILES string of the molecule is C[N+]1(C)CC=CC1.[I-]. The van der Waals surface area contributed by atoms with E-state index in [-0.39, 0.29) is 24.0 Å². The van der Waals surface area contributed by atoms with E-state index in [1.54, 1.807) is 0 Å². The topological polar surface area (TPSA) is 0 Å². The van der Waals surface area contributed by atoms with Gasteiger partial charge in [0.25, 0.3) is 0 Å². The van der Waals surface area contributed by atoms with Gasteiger partial charge in [0.1, 0.15) is 0 Å². The minimum atomic E-state index is 0. The molecule has 0 spiro atoms. The van der Waals surface area contributed by atoms with Crippen molar-refractivity contribution in [1.29, 1.82) is 0 Å². The Morgan fingerprint density at radius 3 is 1.62 bits per heavy atom. The maximum absolute atomic E-state index is 2.24. The van der Waals surface area contributed by atoms with E-state index in [2.05, 4.69) is 26.2 Å². The quantitative estimate of drug-likeness (QED) is 0.246. The summed E-state index contributed by atoms with van der Waals surface area (Å²) in [5.74, 6) is 0. The predicted molar refractivity (Wildman–Crippen MR) is 31.0 cm³/mol. The molecule has 1 rings (SSSR count). The van der Waals surface area contributed by atoms with Crippen molar-refractivity contribution in [2.24, 2.45) is 0 Å². The van der Waals surface area contributed by atoms with Crippen LogP contribution < -0.4 is 24.0 Å². The summed E-state index contributed by atoms with van der Waals surface area (Å²) in [7, 11) is 4.47. The minimum Gasteiger partial charge on any atom is -1.00 e. The van der Waals surface area contributed by atoms with Crippen molar-refractivity contribution in [2.45, 2.75) is 0 Å². The van der Waals surface area contributed by atoms with E-state index < -0.39 is 0 Å². The van der Waals surface area contributed by atoms with Gasteiger partial charge in [-0.3, -0.25) is 0 Å². The molecule has 0 radical (unpaired) electrons. The first-order valence-electron chi connectivity index (χ1n) is 2.68. The van der Waals surface area contributed by atoms with Crippen LogP contribution in [-0.4, -0.2) is 31.7 Å². The number of nitrogens with zero attached hydrogens (tertiary/aromatic N) is 1. The van der Waals surface area contributed by atoms with Crippen molar-refractivity contribution >= 4 is 0 Å². The molecule has 0 aromatic rings. The summed E-state index contributed by atoms with van der Waals surface area (Å²) in [6.45, 7) is 2.42. The van der Waals surface area contributed by atoms with Gasteiger partial charge in [-0.25, -0.2) is 0 Å². The van der Waals surface area contributed by atoms with E-state index in [1.165, 1.54) is 13.1 Å². The summed E-state index contributed by atoms with van der Waals surface area (Å²) in [6.07, 6.45) is 4.47. The highest BCUT2D eigenvalue weighted by Crippen LogP contribution is 2.03. The van der Waals surface area contributed by atoms with Crippen LogP contribution in [0, 0.1) is 0 Å². The molecule has 1 aliphatic heterocycles. The molecule has 8 heavy (non-hydrogen) atoms. The van der Waals surface area contributed by atoms with E-state index in [0.29, 0.717) is 0 Å². The zero-order valence-corrected chi connectivity index (χ0v) is 7.55. The average molecular weight is 225 g/mol.